The topological polar surface area (TPSA) is 96.0 Å². The van der Waals surface area contributed by atoms with Crippen LogP contribution < -0.4 is 4.90 Å². The number of halogens is 2. The van der Waals surface area contributed by atoms with Gasteiger partial charge in [-0.25, -0.2) is 23.1 Å². The lowest BCUT2D eigenvalue weighted by molar-refractivity contribution is 0.0687. The highest BCUT2D eigenvalue weighted by molar-refractivity contribution is 6.01. The third-order valence-corrected chi connectivity index (χ3v) is 7.54. The summed E-state index contributed by atoms with van der Waals surface area (Å²) in [6, 6.07) is 6.94. The second-order valence-corrected chi connectivity index (χ2v) is 9.65. The van der Waals surface area contributed by atoms with Crippen molar-refractivity contribution in [3.63, 3.8) is 0 Å². The van der Waals surface area contributed by atoms with Crippen LogP contribution >= 0.6 is 0 Å². The van der Waals surface area contributed by atoms with Crippen molar-refractivity contribution in [2.24, 2.45) is 0 Å². The first-order valence-corrected chi connectivity index (χ1v) is 12.7. The van der Waals surface area contributed by atoms with E-state index in [4.69, 9.17) is 0 Å². The van der Waals surface area contributed by atoms with Crippen molar-refractivity contribution in [1.29, 1.82) is 0 Å². The number of amides is 1. The zero-order valence-corrected chi connectivity index (χ0v) is 20.8. The van der Waals surface area contributed by atoms with Crippen LogP contribution in [-0.2, 0) is 19.5 Å². The van der Waals surface area contributed by atoms with Crippen molar-refractivity contribution in [1.82, 2.24) is 24.1 Å². The first kappa shape index (κ1) is 24.1. The van der Waals surface area contributed by atoms with Crippen LogP contribution in [0.5, 0.6) is 0 Å². The summed E-state index contributed by atoms with van der Waals surface area (Å²) < 4.78 is 32.0. The Kier molecular flexibility index (Phi) is 5.85. The largest absolute Gasteiger partial charge is 0.476 e. The Labute approximate surface area is 216 Å². The van der Waals surface area contributed by atoms with Gasteiger partial charge in [0.2, 0.25) is 0 Å². The normalized spacial score (nSPS) is 17.3. The molecular formula is C27H26F2N6O3. The van der Waals surface area contributed by atoms with Gasteiger partial charge in [-0.3, -0.25) is 4.79 Å². The van der Waals surface area contributed by atoms with E-state index >= 15 is 0 Å². The van der Waals surface area contributed by atoms with Gasteiger partial charge in [-0.05, 0) is 49.6 Å². The second kappa shape index (κ2) is 9.23. The maximum atomic E-state index is 14.6. The summed E-state index contributed by atoms with van der Waals surface area (Å²) in [6.07, 6.45) is 5.34. The molecule has 6 rings (SSSR count). The molecular weight excluding hydrogens is 494 g/mol. The number of carboxylic acid groups (broad SMARTS) is 1. The van der Waals surface area contributed by atoms with Crippen LogP contribution in [0.4, 0.5) is 14.5 Å². The van der Waals surface area contributed by atoms with Gasteiger partial charge in [0.1, 0.15) is 17.5 Å². The molecule has 0 unspecified atom stereocenters. The molecule has 2 aliphatic heterocycles. The number of carbonyl (C=O) groups is 2. The number of aromatic nitrogens is 4. The van der Waals surface area contributed by atoms with Crippen LogP contribution in [0.25, 0.3) is 5.52 Å². The molecule has 1 N–H and O–H groups in total. The number of pyridine rings is 1. The maximum absolute atomic E-state index is 14.6. The number of imidazole rings is 1. The number of hydrogen-bond acceptors (Lipinski definition) is 5. The number of benzene rings is 1. The van der Waals surface area contributed by atoms with Gasteiger partial charge in [-0.2, -0.15) is 5.10 Å². The first-order chi connectivity index (χ1) is 18.4. The lowest BCUT2D eigenvalue weighted by Gasteiger charge is -2.29. The fraction of sp³-hybridized carbons (Fsp3) is 0.333. The lowest BCUT2D eigenvalue weighted by Crippen LogP contribution is -2.38. The molecule has 0 radical (unpaired) electrons. The summed E-state index contributed by atoms with van der Waals surface area (Å²) >= 11 is 0. The molecule has 0 saturated carbocycles. The minimum absolute atomic E-state index is 0.0346. The average Bonchev–Trinajstić information content (AvgIpc) is 3.65. The molecule has 0 bridgehead atoms. The van der Waals surface area contributed by atoms with E-state index in [1.54, 1.807) is 15.6 Å². The number of fused-ring (bicyclic) bond motifs is 2. The van der Waals surface area contributed by atoms with Gasteiger partial charge in [0.15, 0.2) is 5.69 Å². The minimum atomic E-state index is -1.07. The molecule has 1 fully saturated rings. The SMILES string of the molecule is CCc1c(C(=O)O)nc2n1CCN(C(=O)c1cnn3ccc(N4CCC[C@@H]4c4cc(F)ccc4F)cc13)C2. The van der Waals surface area contributed by atoms with Crippen LogP contribution in [0.15, 0.2) is 42.7 Å². The third-order valence-electron chi connectivity index (χ3n) is 7.54. The van der Waals surface area contributed by atoms with Crippen molar-refractivity contribution >= 4 is 23.1 Å². The molecule has 1 aromatic carbocycles. The molecule has 1 amide bonds. The van der Waals surface area contributed by atoms with Crippen molar-refractivity contribution in [3.8, 4) is 0 Å². The molecule has 196 valence electrons. The molecule has 38 heavy (non-hydrogen) atoms. The van der Waals surface area contributed by atoms with Gasteiger partial charge < -0.3 is 19.5 Å². The second-order valence-electron chi connectivity index (χ2n) is 9.65. The smallest absolute Gasteiger partial charge is 0.356 e. The van der Waals surface area contributed by atoms with Gasteiger partial charge in [0.25, 0.3) is 5.91 Å². The quantitative estimate of drug-likeness (QED) is 0.426. The number of carboxylic acids is 1. The number of hydrogen-bond donors (Lipinski definition) is 1. The van der Waals surface area contributed by atoms with Crippen LogP contribution in [0, 0.1) is 11.6 Å². The summed E-state index contributed by atoms with van der Waals surface area (Å²) in [5.41, 5.74) is 2.83. The Balaban J connectivity index is 1.30. The fourth-order valence-electron chi connectivity index (χ4n) is 5.75. The van der Waals surface area contributed by atoms with Crippen molar-refractivity contribution < 1.29 is 23.5 Å². The highest BCUT2D eigenvalue weighted by atomic mass is 19.1. The van der Waals surface area contributed by atoms with Crippen molar-refractivity contribution in [2.75, 3.05) is 18.0 Å². The highest BCUT2D eigenvalue weighted by Gasteiger charge is 2.31. The number of nitrogens with zero attached hydrogens (tertiary/aromatic N) is 6. The van der Waals surface area contributed by atoms with E-state index in [2.05, 4.69) is 10.1 Å². The van der Waals surface area contributed by atoms with Crippen LogP contribution in [0.1, 0.15) is 63.7 Å². The number of aromatic carboxylic acids is 1. The van der Waals surface area contributed by atoms with Crippen molar-refractivity contribution in [3.05, 3.63) is 82.7 Å². The van der Waals surface area contributed by atoms with E-state index in [0.717, 1.165) is 24.2 Å². The summed E-state index contributed by atoms with van der Waals surface area (Å²) in [5, 5.41) is 13.9. The van der Waals surface area contributed by atoms with Gasteiger partial charge >= 0.3 is 5.97 Å². The number of rotatable bonds is 5. The van der Waals surface area contributed by atoms with Crippen LogP contribution in [0.2, 0.25) is 0 Å². The Morgan fingerprint density at radius 3 is 2.76 bits per heavy atom. The van der Waals surface area contributed by atoms with E-state index in [0.29, 0.717) is 60.6 Å². The Hall–Kier alpha value is -4.28. The molecule has 5 heterocycles. The minimum Gasteiger partial charge on any atom is -0.476 e. The summed E-state index contributed by atoms with van der Waals surface area (Å²) in [5.74, 6) is -1.67. The van der Waals surface area contributed by atoms with E-state index in [-0.39, 0.29) is 24.2 Å². The molecule has 2 aliphatic rings. The molecule has 3 aromatic heterocycles. The molecule has 1 atom stereocenters. The molecule has 9 nitrogen and oxygen atoms in total. The highest BCUT2D eigenvalue weighted by Crippen LogP contribution is 2.38. The molecule has 4 aromatic rings. The van der Waals surface area contributed by atoms with E-state index < -0.39 is 17.6 Å². The van der Waals surface area contributed by atoms with E-state index in [9.17, 15) is 23.5 Å². The molecule has 0 aliphatic carbocycles. The van der Waals surface area contributed by atoms with Gasteiger partial charge in [0.05, 0.1) is 35.6 Å². The molecule has 11 heteroatoms. The van der Waals surface area contributed by atoms with Gasteiger partial charge in [-0.1, -0.05) is 6.92 Å². The monoisotopic (exact) mass is 520 g/mol. The first-order valence-electron chi connectivity index (χ1n) is 12.7. The summed E-state index contributed by atoms with van der Waals surface area (Å²) in [4.78, 5) is 33.2. The van der Waals surface area contributed by atoms with Crippen LogP contribution in [-0.4, -0.2) is 54.1 Å². The third kappa shape index (κ3) is 3.89. The average molecular weight is 521 g/mol. The number of carbonyl (C=O) groups excluding carboxylic acids is 1. The van der Waals surface area contributed by atoms with Crippen LogP contribution in [0.3, 0.4) is 0 Å². The van der Waals surface area contributed by atoms with Gasteiger partial charge in [-0.15, -0.1) is 0 Å². The predicted molar refractivity (Wildman–Crippen MR) is 134 cm³/mol. The summed E-state index contributed by atoms with van der Waals surface area (Å²) in [7, 11) is 0. The molecule has 1 saturated heterocycles. The van der Waals surface area contributed by atoms with E-state index in [1.807, 2.05) is 28.5 Å². The standard InChI is InChI=1S/C27H26F2N6O3/c1-2-21-25(27(37)38)31-24-15-32(10-11-34(21)24)26(36)19-14-30-35-9-7-17(13-23(19)35)33-8-3-4-22(33)18-12-16(28)5-6-20(18)29/h5-7,9,12-14,22H,2-4,8,10-11,15H2,1H3,(H,37,38)/t22-/m1/s1. The maximum Gasteiger partial charge on any atom is 0.356 e. The summed E-state index contributed by atoms with van der Waals surface area (Å²) in [6.45, 7) is 3.64. The lowest BCUT2D eigenvalue weighted by atomic mass is 10.0. The fourth-order valence-corrected chi connectivity index (χ4v) is 5.75. The molecule has 0 spiro atoms. The van der Waals surface area contributed by atoms with Crippen molar-refractivity contribution in [2.45, 2.75) is 45.3 Å². The predicted octanol–water partition coefficient (Wildman–Crippen LogP) is 4.07. The Bertz CT molecular complexity index is 1580. The zero-order chi connectivity index (χ0) is 26.6. The number of anilines is 1. The van der Waals surface area contributed by atoms with Gasteiger partial charge in [0, 0.05) is 37.1 Å². The Morgan fingerprint density at radius 2 is 1.97 bits per heavy atom. The Morgan fingerprint density at radius 1 is 1.13 bits per heavy atom. The zero-order valence-electron chi connectivity index (χ0n) is 20.8. The van der Waals surface area contributed by atoms with E-state index in [1.165, 1.54) is 12.3 Å².